The van der Waals surface area contributed by atoms with E-state index in [1.54, 1.807) is 0 Å². The number of nitrogens with one attached hydrogen (secondary N) is 1. The summed E-state index contributed by atoms with van der Waals surface area (Å²) >= 11 is 0. The van der Waals surface area contributed by atoms with E-state index in [4.69, 9.17) is 20.3 Å². The van der Waals surface area contributed by atoms with E-state index in [1.165, 1.54) is 0 Å². The van der Waals surface area contributed by atoms with Crippen LogP contribution in [0.2, 0.25) is 0 Å². The topological polar surface area (TPSA) is 293 Å². The SMILES string of the molecule is Nc1nc2c(ncn2[C@@H]2O[C@H](COP(O)(O)=[S+]P(=O)(O)OP(=O)(O)O)[C@@H](O)[C@H]2O)c(=O)[nH]1. The largest absolute Gasteiger partial charge is 0.626 e. The van der Waals surface area contributed by atoms with Gasteiger partial charge in [-0.1, -0.05) is 0 Å². The molecule has 0 radical (unpaired) electrons. The van der Waals surface area contributed by atoms with Gasteiger partial charge in [-0.05, 0) is 0 Å². The first-order chi connectivity index (χ1) is 14.6. The van der Waals surface area contributed by atoms with Gasteiger partial charge in [-0.25, -0.2) is 9.55 Å². The van der Waals surface area contributed by atoms with Gasteiger partial charge in [0.05, 0.1) is 12.9 Å². The van der Waals surface area contributed by atoms with E-state index in [0.29, 0.717) is 0 Å². The maximum atomic E-state index is 11.9. The molecule has 0 bridgehead atoms. The molecule has 0 aromatic carbocycles. The molecular formula is C10H17N5O13P3S+. The Balaban J connectivity index is 1.78. The molecule has 0 amide bonds. The van der Waals surface area contributed by atoms with Gasteiger partial charge in [-0.2, -0.15) is 13.9 Å². The number of ether oxygens (including phenoxy) is 1. The number of nitrogens with zero attached hydrogens (tertiary/aromatic N) is 3. The fourth-order valence-electron chi connectivity index (χ4n) is 2.70. The summed E-state index contributed by atoms with van der Waals surface area (Å²) in [4.78, 5) is 67.8. The van der Waals surface area contributed by atoms with Crippen LogP contribution >= 0.6 is 21.3 Å². The standard InChI is InChI=1S/C10H16N5O13P3S/c11-10-13-7-4(8(18)14-10)12-2-15(7)9-6(17)5(16)3(27-9)1-26-30(22,23)32-31(24,25)28-29(19,20)21/h2-3,5-6,9,16-17H,1H2,(H7-,11,13,14,18,19,20,21,22,23,24,25)/p+1/t3-,5-,6-,9-/m1/s1. The molecule has 10 N–H and O–H groups in total. The van der Waals surface area contributed by atoms with Gasteiger partial charge in [0.1, 0.15) is 18.3 Å². The van der Waals surface area contributed by atoms with E-state index in [0.717, 1.165) is 10.9 Å². The number of nitrogens with two attached hydrogens (primary N) is 1. The normalized spacial score (nSPS) is 26.3. The lowest BCUT2D eigenvalue weighted by Gasteiger charge is -2.16. The molecule has 0 aliphatic carbocycles. The average molecular weight is 540 g/mol. The van der Waals surface area contributed by atoms with E-state index in [1.807, 2.05) is 0 Å². The smallest absolute Gasteiger partial charge is 0.387 e. The summed E-state index contributed by atoms with van der Waals surface area (Å²) in [6, 6.07) is 0. The Bertz CT molecular complexity index is 1220. The molecule has 1 fully saturated rings. The molecule has 22 heteroatoms. The Morgan fingerprint density at radius 1 is 1.22 bits per heavy atom. The van der Waals surface area contributed by atoms with Crippen LogP contribution in [0.25, 0.3) is 11.2 Å². The number of imidazole rings is 1. The van der Waals surface area contributed by atoms with Gasteiger partial charge in [-0.15, -0.1) is 0 Å². The number of aliphatic hydroxyl groups is 2. The molecule has 2 aromatic rings. The molecule has 1 aliphatic heterocycles. The molecule has 2 aromatic heterocycles. The lowest BCUT2D eigenvalue weighted by atomic mass is 10.1. The Kier molecular flexibility index (Phi) is 7.09. The number of nitrogen functional groups attached to an aromatic ring is 1. The summed E-state index contributed by atoms with van der Waals surface area (Å²) in [5.41, 5.74) is 4.60. The number of hydrogen-bond acceptors (Lipinski definition) is 11. The number of anilines is 1. The van der Waals surface area contributed by atoms with Crippen molar-refractivity contribution in [2.24, 2.45) is 0 Å². The highest BCUT2D eigenvalue weighted by Crippen LogP contribution is 2.61. The summed E-state index contributed by atoms with van der Waals surface area (Å²) in [6.07, 6.45) is -5.01. The van der Waals surface area contributed by atoms with Crippen molar-refractivity contribution >= 4 is 49.0 Å². The zero-order valence-corrected chi connectivity index (χ0v) is 18.8. The van der Waals surface area contributed by atoms with Crippen LogP contribution in [0.4, 0.5) is 5.95 Å². The highest BCUT2D eigenvalue weighted by molar-refractivity contribution is 8.55. The molecule has 0 saturated carbocycles. The minimum atomic E-state index is -5.43. The zero-order valence-electron chi connectivity index (χ0n) is 15.3. The number of aromatic amines is 1. The van der Waals surface area contributed by atoms with E-state index in [-0.39, 0.29) is 17.1 Å². The lowest BCUT2D eigenvalue weighted by molar-refractivity contribution is -0.0487. The Morgan fingerprint density at radius 2 is 1.88 bits per heavy atom. The molecule has 1 saturated heterocycles. The van der Waals surface area contributed by atoms with Crippen LogP contribution in [-0.2, 0) is 33.3 Å². The zero-order chi connectivity index (χ0) is 24.1. The highest BCUT2D eigenvalue weighted by atomic mass is 32.9. The fourth-order valence-corrected chi connectivity index (χ4v) is 10.4. The van der Waals surface area contributed by atoms with Crippen LogP contribution in [-0.4, -0.2) is 79.1 Å². The number of hydrogen-bond donors (Lipinski definition) is 9. The third-order valence-electron chi connectivity index (χ3n) is 3.89. The summed E-state index contributed by atoms with van der Waals surface area (Å²) in [5, 5.41) is 20.5. The number of H-pyrrole nitrogens is 1. The van der Waals surface area contributed by atoms with Gasteiger partial charge in [-0.3, -0.25) is 33.5 Å². The van der Waals surface area contributed by atoms with E-state index in [9.17, 15) is 38.8 Å². The predicted octanol–water partition coefficient (Wildman–Crippen LogP) is -2.71. The lowest BCUT2D eigenvalue weighted by Crippen LogP contribution is -2.33. The van der Waals surface area contributed by atoms with Crippen molar-refractivity contribution in [3.05, 3.63) is 16.7 Å². The second kappa shape index (κ2) is 8.90. The molecule has 18 nitrogen and oxygen atoms in total. The number of aromatic nitrogens is 4. The van der Waals surface area contributed by atoms with Crippen LogP contribution in [0, 0.1) is 0 Å². The van der Waals surface area contributed by atoms with Crippen LogP contribution in [0.15, 0.2) is 11.1 Å². The molecule has 32 heavy (non-hydrogen) atoms. The first kappa shape index (κ1) is 25.5. The van der Waals surface area contributed by atoms with Crippen LogP contribution in [0.5, 0.6) is 0 Å². The van der Waals surface area contributed by atoms with Crippen LogP contribution < -0.4 is 11.3 Å². The van der Waals surface area contributed by atoms with Gasteiger partial charge >= 0.3 is 31.9 Å². The van der Waals surface area contributed by atoms with Crippen LogP contribution in [0.3, 0.4) is 0 Å². The first-order valence-corrected chi connectivity index (χ1v) is 14.9. The van der Waals surface area contributed by atoms with Crippen molar-refractivity contribution in [2.45, 2.75) is 24.5 Å². The molecule has 5 atom stereocenters. The van der Waals surface area contributed by atoms with Gasteiger partial charge in [0.25, 0.3) is 5.56 Å². The maximum Gasteiger partial charge on any atom is 0.626 e. The molecule has 0 spiro atoms. The van der Waals surface area contributed by atoms with Gasteiger partial charge in [0.15, 0.2) is 17.4 Å². The fraction of sp³-hybridized carbons (Fsp3) is 0.500. The van der Waals surface area contributed by atoms with Gasteiger partial charge in [0.2, 0.25) is 5.95 Å². The number of rotatable bonds is 7. The monoisotopic (exact) mass is 540 g/mol. The third kappa shape index (κ3) is 5.85. The van der Waals surface area contributed by atoms with E-state index >= 15 is 0 Å². The third-order valence-corrected chi connectivity index (χ3v) is 12.4. The highest BCUT2D eigenvalue weighted by Gasteiger charge is 2.49. The van der Waals surface area contributed by atoms with Crippen molar-refractivity contribution in [2.75, 3.05) is 12.3 Å². The van der Waals surface area contributed by atoms with Crippen LogP contribution in [0.1, 0.15) is 6.23 Å². The molecular weight excluding hydrogens is 523 g/mol. The molecule has 1 aliphatic rings. The van der Waals surface area contributed by atoms with Crippen molar-refractivity contribution in [1.82, 2.24) is 19.5 Å². The van der Waals surface area contributed by atoms with Gasteiger partial charge < -0.3 is 30.5 Å². The van der Waals surface area contributed by atoms with E-state index < -0.39 is 68.6 Å². The molecule has 3 rings (SSSR count). The van der Waals surface area contributed by atoms with Crippen molar-refractivity contribution in [3.8, 4) is 0 Å². The minimum Gasteiger partial charge on any atom is -0.387 e. The quantitative estimate of drug-likeness (QED) is 0.127. The Morgan fingerprint density at radius 3 is 2.50 bits per heavy atom. The Labute approximate surface area is 180 Å². The summed E-state index contributed by atoms with van der Waals surface area (Å²) in [6.45, 7) is -10.9. The molecule has 3 heterocycles. The Hall–Kier alpha value is -1.14. The van der Waals surface area contributed by atoms with Gasteiger partial charge in [0, 0.05) is 0 Å². The summed E-state index contributed by atoms with van der Waals surface area (Å²) in [5.74, 6) is -0.254. The first-order valence-electron chi connectivity index (χ1n) is 8.12. The van der Waals surface area contributed by atoms with Crippen molar-refractivity contribution in [1.29, 1.82) is 0 Å². The predicted molar refractivity (Wildman–Crippen MR) is 106 cm³/mol. The summed E-state index contributed by atoms with van der Waals surface area (Å²) in [7, 11) is -6.09. The number of aliphatic hydroxyl groups excluding tert-OH is 2. The van der Waals surface area contributed by atoms with E-state index in [2.05, 4.69) is 23.8 Å². The maximum absolute atomic E-state index is 11.9. The number of phosphoric acid groups is 1. The second-order valence-electron chi connectivity index (χ2n) is 6.23. The van der Waals surface area contributed by atoms with Crippen molar-refractivity contribution < 1.29 is 57.4 Å². The van der Waals surface area contributed by atoms with Crippen molar-refractivity contribution in [3.63, 3.8) is 0 Å². The molecule has 180 valence electrons. The minimum absolute atomic E-state index is 0.0819. The second-order valence-corrected chi connectivity index (χ2v) is 15.0. The molecule has 1 unspecified atom stereocenters. The number of fused-ring (bicyclic) bond motifs is 1. The average Bonchev–Trinajstić information content (AvgIpc) is 3.12. The summed E-state index contributed by atoms with van der Waals surface area (Å²) < 4.78 is 37.1.